The van der Waals surface area contributed by atoms with Crippen molar-refractivity contribution < 1.29 is 14.5 Å². The van der Waals surface area contributed by atoms with E-state index >= 15 is 0 Å². The van der Waals surface area contributed by atoms with Crippen LogP contribution in [-0.4, -0.2) is 25.4 Å². The Morgan fingerprint density at radius 2 is 2.22 bits per heavy atom. The molecule has 1 fully saturated rings. The van der Waals surface area contributed by atoms with Crippen LogP contribution in [0.4, 0.5) is 0 Å². The van der Waals surface area contributed by atoms with E-state index in [9.17, 15) is 9.59 Å². The van der Waals surface area contributed by atoms with Crippen LogP contribution in [0.1, 0.15) is 19.1 Å². The molecule has 2 unspecified atom stereocenters. The van der Waals surface area contributed by atoms with Crippen molar-refractivity contribution in [2.24, 2.45) is 0 Å². The predicted molar refractivity (Wildman–Crippen MR) is 65.0 cm³/mol. The van der Waals surface area contributed by atoms with Gasteiger partial charge in [-0.3, -0.25) is 14.3 Å². The zero-order valence-corrected chi connectivity index (χ0v) is 10.3. The first-order chi connectivity index (χ1) is 8.56. The second kappa shape index (κ2) is 5.58. The number of ether oxygens (including phenoxy) is 1. The summed E-state index contributed by atoms with van der Waals surface area (Å²) in [6.45, 7) is 0. The SMILES string of the molecule is O=c1ccn(C2CCC(/C=C/P(O)O)O2)c(=O)[nH]1. The molecule has 0 bridgehead atoms. The van der Waals surface area contributed by atoms with Gasteiger partial charge in [-0.25, -0.2) is 4.79 Å². The van der Waals surface area contributed by atoms with Gasteiger partial charge in [-0.2, -0.15) is 0 Å². The van der Waals surface area contributed by atoms with Gasteiger partial charge in [0.05, 0.1) is 6.10 Å². The van der Waals surface area contributed by atoms with Crippen LogP contribution in [0.3, 0.4) is 0 Å². The number of nitrogens with zero attached hydrogens (tertiary/aromatic N) is 1. The second-order valence-electron chi connectivity index (χ2n) is 3.89. The summed E-state index contributed by atoms with van der Waals surface area (Å²) in [5.41, 5.74) is -0.958. The lowest BCUT2D eigenvalue weighted by Crippen LogP contribution is -2.31. The number of H-pyrrole nitrogens is 1. The molecule has 2 heterocycles. The molecule has 0 spiro atoms. The third kappa shape index (κ3) is 3.14. The van der Waals surface area contributed by atoms with Crippen molar-refractivity contribution in [3.63, 3.8) is 0 Å². The highest BCUT2D eigenvalue weighted by Crippen LogP contribution is 2.30. The molecule has 1 aromatic heterocycles. The molecule has 0 amide bonds. The van der Waals surface area contributed by atoms with Crippen molar-refractivity contribution in [2.45, 2.75) is 25.2 Å². The molecule has 18 heavy (non-hydrogen) atoms. The van der Waals surface area contributed by atoms with Gasteiger partial charge in [0.1, 0.15) is 6.23 Å². The Balaban J connectivity index is 2.09. The monoisotopic (exact) mass is 272 g/mol. The third-order valence-electron chi connectivity index (χ3n) is 2.63. The zero-order chi connectivity index (χ0) is 13.1. The van der Waals surface area contributed by atoms with Crippen molar-refractivity contribution in [1.82, 2.24) is 9.55 Å². The predicted octanol–water partition coefficient (Wildman–Crippen LogP) is 0.0244. The van der Waals surface area contributed by atoms with Crippen molar-refractivity contribution in [3.05, 3.63) is 45.0 Å². The van der Waals surface area contributed by atoms with E-state index in [0.29, 0.717) is 12.8 Å². The first-order valence-electron chi connectivity index (χ1n) is 5.38. The average molecular weight is 272 g/mol. The first kappa shape index (κ1) is 13.2. The number of aromatic amines is 1. The fourth-order valence-corrected chi connectivity index (χ4v) is 2.16. The lowest BCUT2D eigenvalue weighted by atomic mass is 10.2. The maximum absolute atomic E-state index is 11.5. The van der Waals surface area contributed by atoms with Gasteiger partial charge >= 0.3 is 5.69 Å². The molecule has 8 heteroatoms. The Labute approximate surface area is 103 Å². The van der Waals surface area contributed by atoms with Gasteiger partial charge in [-0.15, -0.1) is 0 Å². The molecule has 7 nitrogen and oxygen atoms in total. The van der Waals surface area contributed by atoms with Crippen LogP contribution >= 0.6 is 8.38 Å². The summed E-state index contributed by atoms with van der Waals surface area (Å²) >= 11 is 0. The Morgan fingerprint density at radius 1 is 1.44 bits per heavy atom. The quantitative estimate of drug-likeness (QED) is 0.673. The third-order valence-corrected chi connectivity index (χ3v) is 3.06. The van der Waals surface area contributed by atoms with Crippen molar-refractivity contribution in [3.8, 4) is 0 Å². The molecular formula is C10H13N2O5P. The Hall–Kier alpha value is -1.27. The Morgan fingerprint density at radius 3 is 2.89 bits per heavy atom. The molecule has 3 N–H and O–H groups in total. The molecule has 1 aliphatic rings. The smallest absolute Gasteiger partial charge is 0.330 e. The summed E-state index contributed by atoms with van der Waals surface area (Å²) < 4.78 is 6.88. The maximum atomic E-state index is 11.5. The molecule has 0 aromatic carbocycles. The van der Waals surface area contributed by atoms with Crippen LogP contribution in [0.25, 0.3) is 0 Å². The molecule has 98 valence electrons. The minimum absolute atomic E-state index is 0.252. The number of hydrogen-bond acceptors (Lipinski definition) is 5. The first-order valence-corrected chi connectivity index (χ1v) is 6.70. The van der Waals surface area contributed by atoms with Crippen molar-refractivity contribution in [2.75, 3.05) is 0 Å². The summed E-state index contributed by atoms with van der Waals surface area (Å²) in [5.74, 6) is 1.28. The summed E-state index contributed by atoms with van der Waals surface area (Å²) in [4.78, 5) is 42.1. The maximum Gasteiger partial charge on any atom is 0.330 e. The number of hydrogen-bond donors (Lipinski definition) is 3. The van der Waals surface area contributed by atoms with E-state index in [1.54, 1.807) is 6.08 Å². The summed E-state index contributed by atoms with van der Waals surface area (Å²) in [7, 11) is -2.07. The normalized spacial score (nSPS) is 24.2. The van der Waals surface area contributed by atoms with Gasteiger partial charge < -0.3 is 14.5 Å². The van der Waals surface area contributed by atoms with Crippen LogP contribution in [0.5, 0.6) is 0 Å². The lowest BCUT2D eigenvalue weighted by Gasteiger charge is -2.13. The zero-order valence-electron chi connectivity index (χ0n) is 9.39. The van der Waals surface area contributed by atoms with Gasteiger partial charge in [0.2, 0.25) is 0 Å². The van der Waals surface area contributed by atoms with Gasteiger partial charge in [0.25, 0.3) is 5.56 Å². The van der Waals surface area contributed by atoms with E-state index in [-0.39, 0.29) is 6.10 Å². The highest BCUT2D eigenvalue weighted by molar-refractivity contribution is 7.48. The van der Waals surface area contributed by atoms with Gasteiger partial charge in [0.15, 0.2) is 8.38 Å². The average Bonchev–Trinajstić information content (AvgIpc) is 2.75. The topological polar surface area (TPSA) is 105 Å². The van der Waals surface area contributed by atoms with Crippen LogP contribution in [-0.2, 0) is 4.74 Å². The number of aromatic nitrogens is 2. The highest BCUT2D eigenvalue weighted by Gasteiger charge is 2.25. The number of rotatable bonds is 3. The lowest BCUT2D eigenvalue weighted by molar-refractivity contribution is 0.0203. The molecule has 1 aliphatic heterocycles. The molecule has 0 radical (unpaired) electrons. The second-order valence-corrected chi connectivity index (χ2v) is 4.82. The Kier molecular flexibility index (Phi) is 4.08. The molecule has 1 saturated heterocycles. The van der Waals surface area contributed by atoms with Gasteiger partial charge in [0, 0.05) is 12.3 Å². The van der Waals surface area contributed by atoms with E-state index in [1.165, 1.54) is 22.6 Å². The molecule has 0 saturated carbocycles. The largest absolute Gasteiger partial charge is 0.351 e. The fourth-order valence-electron chi connectivity index (χ4n) is 1.82. The molecule has 1 aromatic rings. The van der Waals surface area contributed by atoms with Crippen molar-refractivity contribution in [1.29, 1.82) is 0 Å². The fraction of sp³-hybridized carbons (Fsp3) is 0.400. The van der Waals surface area contributed by atoms with Crippen LogP contribution in [0.15, 0.2) is 33.7 Å². The van der Waals surface area contributed by atoms with Crippen LogP contribution < -0.4 is 11.2 Å². The standard InChI is InChI=1S/C10H13N2O5P/c13-8-3-5-12(10(14)11-8)9-2-1-7(17-9)4-6-18(15)16/h3-7,9,15-16H,1-2H2,(H,11,13,14)/b6-4+. The van der Waals surface area contributed by atoms with Crippen LogP contribution in [0, 0.1) is 0 Å². The van der Waals surface area contributed by atoms with E-state index < -0.39 is 25.9 Å². The van der Waals surface area contributed by atoms with E-state index in [2.05, 4.69) is 4.98 Å². The summed E-state index contributed by atoms with van der Waals surface area (Å²) in [5, 5.41) is 0. The molecule has 0 aliphatic carbocycles. The minimum atomic E-state index is -2.07. The molecule has 2 atom stereocenters. The van der Waals surface area contributed by atoms with Gasteiger partial charge in [-0.1, -0.05) is 6.08 Å². The van der Waals surface area contributed by atoms with E-state index in [1.807, 2.05) is 0 Å². The summed E-state index contributed by atoms with van der Waals surface area (Å²) in [6.07, 6.45) is 3.57. The van der Waals surface area contributed by atoms with E-state index in [4.69, 9.17) is 14.5 Å². The summed E-state index contributed by atoms with van der Waals surface area (Å²) in [6, 6.07) is 1.26. The number of nitrogens with one attached hydrogen (secondary N) is 1. The van der Waals surface area contributed by atoms with Crippen LogP contribution in [0.2, 0.25) is 0 Å². The minimum Gasteiger partial charge on any atom is -0.351 e. The van der Waals surface area contributed by atoms with Crippen molar-refractivity contribution >= 4 is 8.38 Å². The molecule has 2 rings (SSSR count). The highest BCUT2D eigenvalue weighted by atomic mass is 31.2. The Bertz CT molecular complexity index is 550. The van der Waals surface area contributed by atoms with Gasteiger partial charge in [-0.05, 0) is 18.7 Å². The van der Waals surface area contributed by atoms with E-state index in [0.717, 1.165) is 0 Å². The molecular weight excluding hydrogens is 259 g/mol.